The van der Waals surface area contributed by atoms with Gasteiger partial charge in [-0.05, 0) is 87.9 Å². The van der Waals surface area contributed by atoms with Gasteiger partial charge in [-0.2, -0.15) is 0 Å². The molecule has 0 atom stereocenters. The van der Waals surface area contributed by atoms with E-state index in [2.05, 4.69) is 50.8 Å². The second kappa shape index (κ2) is 8.78. The fourth-order valence-corrected chi connectivity index (χ4v) is 3.38. The van der Waals surface area contributed by atoms with E-state index in [1.807, 2.05) is 24.5 Å². The van der Waals surface area contributed by atoms with E-state index < -0.39 is 0 Å². The maximum Gasteiger partial charge on any atom is 0.130 e. The minimum atomic E-state index is -0.350. The number of nitrogens with zero attached hydrogens (tertiary/aromatic N) is 2. The normalized spacial score (nSPS) is 15.2. The van der Waals surface area contributed by atoms with Crippen LogP contribution in [0, 0.1) is 13.8 Å². The smallest absolute Gasteiger partial charge is 0.130 e. The third-order valence-electron chi connectivity index (χ3n) is 5.51. The average molecular weight is 381 g/mol. The minimum Gasteiger partial charge on any atom is -0.457 e. The molecule has 0 aromatic heterocycles. The van der Waals surface area contributed by atoms with E-state index in [1.165, 1.54) is 19.3 Å². The average Bonchev–Trinajstić information content (AvgIpc) is 2.70. The van der Waals surface area contributed by atoms with E-state index in [1.54, 1.807) is 7.11 Å². The Labute approximate surface area is 169 Å². The van der Waals surface area contributed by atoms with Crippen molar-refractivity contribution in [1.29, 1.82) is 0 Å². The summed E-state index contributed by atoms with van der Waals surface area (Å²) in [6, 6.07) is 12.3. The first-order chi connectivity index (χ1) is 13.4. The molecule has 0 saturated carbocycles. The third-order valence-corrected chi connectivity index (χ3v) is 5.51. The molecule has 28 heavy (non-hydrogen) atoms. The van der Waals surface area contributed by atoms with Crippen LogP contribution < -0.4 is 4.74 Å². The van der Waals surface area contributed by atoms with Crippen molar-refractivity contribution >= 4 is 12.0 Å². The van der Waals surface area contributed by atoms with Gasteiger partial charge in [-0.3, -0.25) is 0 Å². The summed E-state index contributed by atoms with van der Waals surface area (Å²) < 4.78 is 11.8. The maximum atomic E-state index is 6.20. The molecule has 4 nitrogen and oxygen atoms in total. The topological polar surface area (TPSA) is 34.1 Å². The molecular weight excluding hydrogens is 348 g/mol. The van der Waals surface area contributed by atoms with Gasteiger partial charge >= 0.3 is 0 Å². The molecule has 1 heterocycles. The van der Waals surface area contributed by atoms with Crippen molar-refractivity contribution < 1.29 is 9.47 Å². The Morgan fingerprint density at radius 3 is 2.46 bits per heavy atom. The number of likely N-dealkylation sites (tertiary alicyclic amines) is 1. The van der Waals surface area contributed by atoms with E-state index in [-0.39, 0.29) is 5.60 Å². The van der Waals surface area contributed by atoms with Crippen LogP contribution in [-0.4, -0.2) is 31.4 Å². The molecule has 0 bridgehead atoms. The molecular formula is C24H32N2O2. The van der Waals surface area contributed by atoms with Gasteiger partial charge in [0.2, 0.25) is 0 Å². The van der Waals surface area contributed by atoms with Gasteiger partial charge in [0.1, 0.15) is 11.5 Å². The molecule has 1 aliphatic rings. The Morgan fingerprint density at radius 1 is 1.00 bits per heavy atom. The predicted octanol–water partition coefficient (Wildman–Crippen LogP) is 6.12. The van der Waals surface area contributed by atoms with Crippen molar-refractivity contribution in [1.82, 2.24) is 4.90 Å². The Balaban J connectivity index is 1.78. The Hall–Kier alpha value is -2.33. The van der Waals surface area contributed by atoms with Crippen molar-refractivity contribution in [2.75, 3.05) is 20.2 Å². The molecule has 0 radical (unpaired) electrons. The van der Waals surface area contributed by atoms with Crippen LogP contribution in [0.25, 0.3) is 0 Å². The van der Waals surface area contributed by atoms with Crippen LogP contribution >= 0.6 is 0 Å². The van der Waals surface area contributed by atoms with E-state index >= 15 is 0 Å². The van der Waals surface area contributed by atoms with Crippen molar-refractivity contribution in [2.24, 2.45) is 4.99 Å². The fourth-order valence-electron chi connectivity index (χ4n) is 3.38. The van der Waals surface area contributed by atoms with Gasteiger partial charge in [0, 0.05) is 20.2 Å². The lowest BCUT2D eigenvalue weighted by Crippen LogP contribution is -2.28. The van der Waals surface area contributed by atoms with Crippen LogP contribution in [0.1, 0.15) is 49.8 Å². The summed E-state index contributed by atoms with van der Waals surface area (Å²) in [7, 11) is 1.73. The molecule has 3 rings (SSSR count). The summed E-state index contributed by atoms with van der Waals surface area (Å²) in [6.45, 7) is 10.5. The largest absolute Gasteiger partial charge is 0.457 e. The fraction of sp³-hybridized carbons (Fsp3) is 0.458. The molecule has 1 aliphatic heterocycles. The number of hydrogen-bond acceptors (Lipinski definition) is 3. The summed E-state index contributed by atoms with van der Waals surface area (Å²) in [5.74, 6) is 1.68. The summed E-state index contributed by atoms with van der Waals surface area (Å²) in [5.41, 5.74) is 3.93. The molecule has 0 amide bonds. The first-order valence-corrected chi connectivity index (χ1v) is 10.1. The number of benzene rings is 2. The zero-order chi connectivity index (χ0) is 20.1. The lowest BCUT2D eigenvalue weighted by Gasteiger charge is -2.24. The number of hydrogen-bond donors (Lipinski definition) is 0. The van der Waals surface area contributed by atoms with Crippen LogP contribution in [0.2, 0.25) is 0 Å². The molecule has 0 unspecified atom stereocenters. The summed E-state index contributed by atoms with van der Waals surface area (Å²) >= 11 is 0. The van der Waals surface area contributed by atoms with Crippen molar-refractivity contribution in [3.63, 3.8) is 0 Å². The summed E-state index contributed by atoms with van der Waals surface area (Å²) in [5, 5.41) is 0. The standard InChI is InChI=1S/C24H32N2O2/c1-18-15-23(28-21-11-9-10-20(16-21)24(3,4)27-5)19(2)14-22(18)25-17-26-12-7-6-8-13-26/h9-11,14-17H,6-8,12-13H2,1-5H3. The number of piperidine rings is 1. The van der Waals surface area contributed by atoms with Crippen molar-refractivity contribution in [2.45, 2.75) is 52.6 Å². The highest BCUT2D eigenvalue weighted by Gasteiger charge is 2.20. The Bertz CT molecular complexity index is 836. The van der Waals surface area contributed by atoms with Gasteiger partial charge in [-0.15, -0.1) is 0 Å². The number of aliphatic imine (C=N–C) groups is 1. The monoisotopic (exact) mass is 380 g/mol. The van der Waals surface area contributed by atoms with Crippen LogP contribution in [0.5, 0.6) is 11.5 Å². The second-order valence-corrected chi connectivity index (χ2v) is 8.09. The SMILES string of the molecule is COC(C)(C)c1cccc(Oc2cc(C)c(N=CN3CCCCC3)cc2C)c1. The molecule has 2 aromatic rings. The molecule has 0 spiro atoms. The minimum absolute atomic E-state index is 0.350. The van der Waals surface area contributed by atoms with Gasteiger partial charge in [-0.1, -0.05) is 12.1 Å². The molecule has 0 aliphatic carbocycles. The van der Waals surface area contributed by atoms with Gasteiger partial charge < -0.3 is 14.4 Å². The molecule has 4 heteroatoms. The van der Waals surface area contributed by atoms with Crippen LogP contribution in [-0.2, 0) is 10.3 Å². The van der Waals surface area contributed by atoms with Gasteiger partial charge in [0.15, 0.2) is 0 Å². The lowest BCUT2D eigenvalue weighted by atomic mass is 9.98. The van der Waals surface area contributed by atoms with E-state index in [0.717, 1.165) is 47.0 Å². The molecule has 150 valence electrons. The number of aryl methyl sites for hydroxylation is 2. The van der Waals surface area contributed by atoms with Crippen molar-refractivity contribution in [3.05, 3.63) is 53.1 Å². The first kappa shape index (κ1) is 20.4. The quantitative estimate of drug-likeness (QED) is 0.447. The summed E-state index contributed by atoms with van der Waals surface area (Å²) in [6.07, 6.45) is 5.85. The van der Waals surface area contributed by atoms with Crippen molar-refractivity contribution in [3.8, 4) is 11.5 Å². The first-order valence-electron chi connectivity index (χ1n) is 10.1. The van der Waals surface area contributed by atoms with E-state index in [4.69, 9.17) is 14.5 Å². The van der Waals surface area contributed by atoms with Gasteiger partial charge in [-0.25, -0.2) is 4.99 Å². The maximum absolute atomic E-state index is 6.20. The highest BCUT2D eigenvalue weighted by atomic mass is 16.5. The lowest BCUT2D eigenvalue weighted by molar-refractivity contribution is 0.0191. The number of methoxy groups -OCH3 is 1. The Morgan fingerprint density at radius 2 is 1.75 bits per heavy atom. The zero-order valence-electron chi connectivity index (χ0n) is 17.8. The van der Waals surface area contributed by atoms with Gasteiger partial charge in [0.25, 0.3) is 0 Å². The molecule has 1 saturated heterocycles. The number of rotatable bonds is 6. The molecule has 1 fully saturated rings. The number of ether oxygens (including phenoxy) is 2. The zero-order valence-corrected chi connectivity index (χ0v) is 17.8. The molecule has 2 aromatic carbocycles. The second-order valence-electron chi connectivity index (χ2n) is 8.09. The van der Waals surface area contributed by atoms with Crippen LogP contribution in [0.3, 0.4) is 0 Å². The Kier molecular flexibility index (Phi) is 6.40. The van der Waals surface area contributed by atoms with Crippen LogP contribution in [0.15, 0.2) is 41.4 Å². The van der Waals surface area contributed by atoms with E-state index in [0.29, 0.717) is 0 Å². The van der Waals surface area contributed by atoms with Gasteiger partial charge in [0.05, 0.1) is 17.6 Å². The van der Waals surface area contributed by atoms with E-state index in [9.17, 15) is 0 Å². The third kappa shape index (κ3) is 4.93. The highest BCUT2D eigenvalue weighted by molar-refractivity contribution is 5.65. The van der Waals surface area contributed by atoms with Crippen LogP contribution in [0.4, 0.5) is 5.69 Å². The highest BCUT2D eigenvalue weighted by Crippen LogP contribution is 2.33. The predicted molar refractivity (Wildman–Crippen MR) is 116 cm³/mol. The molecule has 0 N–H and O–H groups in total. The summed E-state index contributed by atoms with van der Waals surface area (Å²) in [4.78, 5) is 7.04.